The Balaban J connectivity index is 2.00. The number of rotatable bonds is 5. The Hall–Kier alpha value is -2.04. The minimum absolute atomic E-state index is 0.167. The largest absolute Gasteiger partial charge is 0.483 e. The molecule has 0 saturated heterocycles. The lowest BCUT2D eigenvalue weighted by atomic mass is 9.98. The van der Waals surface area contributed by atoms with Crippen molar-refractivity contribution in [3.63, 3.8) is 0 Å². The zero-order chi connectivity index (χ0) is 16.3. The lowest BCUT2D eigenvalue weighted by molar-refractivity contribution is -0.147. The third-order valence-corrected chi connectivity index (χ3v) is 4.20. The van der Waals surface area contributed by atoms with Gasteiger partial charge in [-0.15, -0.1) is 0 Å². The fraction of sp³-hybridized carbons (Fsp3) is 0.529. The molecule has 0 bridgehead atoms. The summed E-state index contributed by atoms with van der Waals surface area (Å²) in [5.74, 6) is -0.652. The van der Waals surface area contributed by atoms with Crippen molar-refractivity contribution in [2.75, 3.05) is 6.61 Å². The summed E-state index contributed by atoms with van der Waals surface area (Å²) in [5, 5.41) is 12.0. The van der Waals surface area contributed by atoms with Gasteiger partial charge in [0.25, 0.3) is 5.91 Å². The average molecular weight is 305 g/mol. The highest BCUT2D eigenvalue weighted by Crippen LogP contribution is 2.30. The van der Waals surface area contributed by atoms with Gasteiger partial charge in [-0.1, -0.05) is 30.5 Å². The van der Waals surface area contributed by atoms with Crippen LogP contribution in [-0.2, 0) is 9.59 Å². The first-order chi connectivity index (χ1) is 10.3. The molecule has 1 aromatic rings. The minimum Gasteiger partial charge on any atom is -0.483 e. The predicted octanol–water partition coefficient (Wildman–Crippen LogP) is 2.50. The topological polar surface area (TPSA) is 75.6 Å². The van der Waals surface area contributed by atoms with Crippen molar-refractivity contribution in [2.45, 2.75) is 52.0 Å². The zero-order valence-corrected chi connectivity index (χ0v) is 13.4. The van der Waals surface area contributed by atoms with Gasteiger partial charge >= 0.3 is 5.97 Å². The molecule has 22 heavy (non-hydrogen) atoms. The number of benzene rings is 1. The number of aryl methyl sites for hydroxylation is 3. The highest BCUT2D eigenvalue weighted by Gasteiger charge is 2.42. The molecule has 1 aliphatic carbocycles. The van der Waals surface area contributed by atoms with Gasteiger partial charge in [0.05, 0.1) is 0 Å². The standard InChI is InChI=1S/C17H23NO4/c1-11-8-12(2)15(13(3)9-11)22-10-14(19)18-17(16(20)21)6-4-5-7-17/h8-9H,4-7,10H2,1-3H3,(H,18,19)(H,20,21). The molecule has 0 atom stereocenters. The number of carbonyl (C=O) groups is 2. The van der Waals surface area contributed by atoms with E-state index in [4.69, 9.17) is 4.74 Å². The first-order valence-corrected chi connectivity index (χ1v) is 7.59. The van der Waals surface area contributed by atoms with E-state index in [1.54, 1.807) is 0 Å². The summed E-state index contributed by atoms with van der Waals surface area (Å²) in [4.78, 5) is 23.5. The Morgan fingerprint density at radius 2 is 1.73 bits per heavy atom. The van der Waals surface area contributed by atoms with Crippen molar-refractivity contribution in [2.24, 2.45) is 0 Å². The summed E-state index contributed by atoms with van der Waals surface area (Å²) in [5.41, 5.74) is 1.97. The Labute approximate surface area is 130 Å². The molecule has 1 fully saturated rings. The molecule has 0 unspecified atom stereocenters. The van der Waals surface area contributed by atoms with Gasteiger partial charge in [0.2, 0.25) is 0 Å². The molecule has 1 aromatic carbocycles. The van der Waals surface area contributed by atoms with Crippen LogP contribution in [0.15, 0.2) is 12.1 Å². The fourth-order valence-electron chi connectivity index (χ4n) is 3.21. The van der Waals surface area contributed by atoms with Gasteiger partial charge in [0, 0.05) is 0 Å². The van der Waals surface area contributed by atoms with Crippen LogP contribution >= 0.6 is 0 Å². The number of ether oxygens (including phenoxy) is 1. The molecule has 1 aliphatic rings. The molecular weight excluding hydrogens is 282 g/mol. The predicted molar refractivity (Wildman–Crippen MR) is 83.1 cm³/mol. The maximum atomic E-state index is 12.1. The van der Waals surface area contributed by atoms with Crippen molar-refractivity contribution >= 4 is 11.9 Å². The Bertz CT molecular complexity index is 565. The molecule has 0 heterocycles. The summed E-state index contributed by atoms with van der Waals surface area (Å²) in [6.07, 6.45) is 2.61. The van der Waals surface area contributed by atoms with E-state index in [0.717, 1.165) is 29.5 Å². The minimum atomic E-state index is -1.11. The van der Waals surface area contributed by atoms with Crippen molar-refractivity contribution in [1.82, 2.24) is 5.32 Å². The number of carboxylic acids is 1. The van der Waals surface area contributed by atoms with Crippen molar-refractivity contribution in [3.8, 4) is 5.75 Å². The molecule has 0 aromatic heterocycles. The molecule has 0 spiro atoms. The number of hydrogen-bond donors (Lipinski definition) is 2. The highest BCUT2D eigenvalue weighted by atomic mass is 16.5. The Kier molecular flexibility index (Phi) is 4.74. The summed E-state index contributed by atoms with van der Waals surface area (Å²) in [6.45, 7) is 5.71. The van der Waals surface area contributed by atoms with E-state index in [9.17, 15) is 14.7 Å². The lowest BCUT2D eigenvalue weighted by Gasteiger charge is -2.25. The van der Waals surface area contributed by atoms with Crippen LogP contribution < -0.4 is 10.1 Å². The van der Waals surface area contributed by atoms with Gasteiger partial charge < -0.3 is 15.2 Å². The first kappa shape index (κ1) is 16.3. The van der Waals surface area contributed by atoms with Crippen molar-refractivity contribution < 1.29 is 19.4 Å². The van der Waals surface area contributed by atoms with Crippen LogP contribution in [-0.4, -0.2) is 29.1 Å². The molecule has 2 N–H and O–H groups in total. The van der Waals surface area contributed by atoms with Gasteiger partial charge in [0.15, 0.2) is 6.61 Å². The molecule has 2 rings (SSSR count). The first-order valence-electron chi connectivity index (χ1n) is 7.59. The van der Waals surface area contributed by atoms with E-state index in [2.05, 4.69) is 5.32 Å². The maximum absolute atomic E-state index is 12.1. The molecule has 1 saturated carbocycles. The van der Waals surface area contributed by atoms with Crippen LogP contribution in [0, 0.1) is 20.8 Å². The molecule has 120 valence electrons. The Morgan fingerprint density at radius 1 is 1.18 bits per heavy atom. The van der Waals surface area contributed by atoms with Gasteiger partial charge in [0.1, 0.15) is 11.3 Å². The molecule has 5 nitrogen and oxygen atoms in total. The maximum Gasteiger partial charge on any atom is 0.329 e. The zero-order valence-electron chi connectivity index (χ0n) is 13.4. The summed E-state index contributed by atoms with van der Waals surface area (Å²) in [7, 11) is 0. The fourth-order valence-corrected chi connectivity index (χ4v) is 3.21. The second-order valence-corrected chi connectivity index (χ2v) is 6.16. The van der Waals surface area contributed by atoms with Crippen LogP contribution in [0.25, 0.3) is 0 Å². The number of aliphatic carboxylic acids is 1. The molecule has 5 heteroatoms. The summed E-state index contributed by atoms with van der Waals surface area (Å²) < 4.78 is 5.61. The van der Waals surface area contributed by atoms with Crippen molar-refractivity contribution in [1.29, 1.82) is 0 Å². The molecule has 1 amide bonds. The van der Waals surface area contributed by atoms with Gasteiger partial charge in [-0.25, -0.2) is 4.79 Å². The molecule has 0 radical (unpaired) electrons. The van der Waals surface area contributed by atoms with Gasteiger partial charge in [-0.3, -0.25) is 4.79 Å². The Morgan fingerprint density at radius 3 is 2.23 bits per heavy atom. The van der Waals surface area contributed by atoms with E-state index in [0.29, 0.717) is 18.6 Å². The van der Waals surface area contributed by atoms with E-state index >= 15 is 0 Å². The second-order valence-electron chi connectivity index (χ2n) is 6.16. The number of hydrogen-bond acceptors (Lipinski definition) is 3. The van der Waals surface area contributed by atoms with Crippen LogP contribution in [0.5, 0.6) is 5.75 Å². The van der Waals surface area contributed by atoms with Crippen molar-refractivity contribution in [3.05, 3.63) is 28.8 Å². The van der Waals surface area contributed by atoms with Gasteiger partial charge in [-0.2, -0.15) is 0 Å². The van der Waals surface area contributed by atoms with E-state index in [-0.39, 0.29) is 12.5 Å². The molecule has 0 aliphatic heterocycles. The van der Waals surface area contributed by atoms with Crippen LogP contribution in [0.4, 0.5) is 0 Å². The normalized spacial score (nSPS) is 16.3. The third kappa shape index (κ3) is 3.40. The lowest BCUT2D eigenvalue weighted by Crippen LogP contribution is -2.53. The third-order valence-electron chi connectivity index (χ3n) is 4.20. The van der Waals surface area contributed by atoms with Crippen LogP contribution in [0.1, 0.15) is 42.4 Å². The van der Waals surface area contributed by atoms with E-state index in [1.165, 1.54) is 0 Å². The molecular formula is C17H23NO4. The number of carboxylic acid groups (broad SMARTS) is 1. The number of nitrogens with one attached hydrogen (secondary N) is 1. The quantitative estimate of drug-likeness (QED) is 0.876. The SMILES string of the molecule is Cc1cc(C)c(OCC(=O)NC2(C(=O)O)CCCC2)c(C)c1. The number of carbonyl (C=O) groups excluding carboxylic acids is 1. The number of amides is 1. The average Bonchev–Trinajstić information content (AvgIpc) is 2.87. The summed E-state index contributed by atoms with van der Waals surface area (Å²) in [6, 6.07) is 3.99. The van der Waals surface area contributed by atoms with E-state index in [1.807, 2.05) is 32.9 Å². The smallest absolute Gasteiger partial charge is 0.329 e. The second kappa shape index (κ2) is 6.38. The van der Waals surface area contributed by atoms with Crippen LogP contribution in [0.2, 0.25) is 0 Å². The highest BCUT2D eigenvalue weighted by molar-refractivity contribution is 5.88. The monoisotopic (exact) mass is 305 g/mol. The van der Waals surface area contributed by atoms with Crippen LogP contribution in [0.3, 0.4) is 0 Å². The van der Waals surface area contributed by atoms with Gasteiger partial charge in [-0.05, 0) is 44.7 Å². The van der Waals surface area contributed by atoms with E-state index < -0.39 is 11.5 Å². The summed E-state index contributed by atoms with van der Waals surface area (Å²) >= 11 is 0.